The van der Waals surface area contributed by atoms with Crippen LogP contribution in [0, 0.1) is 0 Å². The molecule has 2 rings (SSSR count). The highest BCUT2D eigenvalue weighted by atomic mass is 16.5. The van der Waals surface area contributed by atoms with E-state index in [2.05, 4.69) is 52.6 Å². The summed E-state index contributed by atoms with van der Waals surface area (Å²) in [4.78, 5) is 4.50. The van der Waals surface area contributed by atoms with Crippen LogP contribution in [0.25, 0.3) is 0 Å². The monoisotopic (exact) mass is 313 g/mol. The van der Waals surface area contributed by atoms with Crippen LogP contribution in [-0.4, -0.2) is 12.1 Å². The van der Waals surface area contributed by atoms with Crippen LogP contribution in [0.5, 0.6) is 17.4 Å². The van der Waals surface area contributed by atoms with Gasteiger partial charge in [0.2, 0.25) is 5.88 Å². The lowest BCUT2D eigenvalue weighted by molar-refractivity contribution is 0.409. The highest BCUT2D eigenvalue weighted by Gasteiger charge is 2.29. The first-order chi connectivity index (χ1) is 10.6. The fourth-order valence-corrected chi connectivity index (χ4v) is 2.63. The highest BCUT2D eigenvalue weighted by molar-refractivity contribution is 5.45. The number of benzene rings is 1. The number of pyridine rings is 1. The zero-order valence-electron chi connectivity index (χ0n) is 15.2. The van der Waals surface area contributed by atoms with Gasteiger partial charge in [-0.05, 0) is 46.7 Å². The Morgan fingerprint density at radius 3 is 1.83 bits per heavy atom. The molecule has 1 heterocycles. The van der Waals surface area contributed by atoms with Gasteiger partial charge in [-0.2, -0.15) is 0 Å². The molecule has 0 amide bonds. The molecule has 0 aliphatic heterocycles. The van der Waals surface area contributed by atoms with Crippen LogP contribution in [0.2, 0.25) is 0 Å². The molecule has 0 unspecified atom stereocenters. The van der Waals surface area contributed by atoms with Gasteiger partial charge in [-0.25, -0.2) is 4.98 Å². The predicted octanol–water partition coefficient (Wildman–Crippen LogP) is 5.48. The van der Waals surface area contributed by atoms with Crippen molar-refractivity contribution in [3.05, 3.63) is 47.7 Å². The van der Waals surface area contributed by atoms with Crippen molar-refractivity contribution >= 4 is 0 Å². The van der Waals surface area contributed by atoms with Crippen LogP contribution < -0.4 is 9.47 Å². The fourth-order valence-electron chi connectivity index (χ4n) is 2.63. The molecule has 0 spiro atoms. The first-order valence-corrected chi connectivity index (χ1v) is 7.95. The van der Waals surface area contributed by atoms with E-state index in [1.807, 2.05) is 30.5 Å². The molecule has 0 bridgehead atoms. The van der Waals surface area contributed by atoms with Gasteiger partial charge >= 0.3 is 0 Å². The Labute approximate surface area is 139 Å². The lowest BCUT2D eigenvalue weighted by atomic mass is 9.76. The van der Waals surface area contributed by atoms with Gasteiger partial charge in [0.15, 0.2) is 0 Å². The van der Waals surface area contributed by atoms with Crippen LogP contribution in [0.4, 0.5) is 0 Å². The quantitative estimate of drug-likeness (QED) is 0.752. The Kier molecular flexibility index (Phi) is 4.69. The van der Waals surface area contributed by atoms with Crippen LogP contribution in [0.3, 0.4) is 0 Å². The molecule has 23 heavy (non-hydrogen) atoms. The van der Waals surface area contributed by atoms with E-state index >= 15 is 0 Å². The SMILES string of the molecule is COc1ccc(Oc2nccc(C(C)(C)C)c2C(C)(C)C)cc1. The second-order valence-electron chi connectivity index (χ2n) is 7.82. The van der Waals surface area contributed by atoms with Gasteiger partial charge in [-0.3, -0.25) is 0 Å². The van der Waals surface area contributed by atoms with Gasteiger partial charge in [0, 0.05) is 11.8 Å². The van der Waals surface area contributed by atoms with Crippen molar-refractivity contribution in [1.29, 1.82) is 0 Å². The summed E-state index contributed by atoms with van der Waals surface area (Å²) in [6.45, 7) is 13.2. The molecule has 0 aliphatic carbocycles. The highest BCUT2D eigenvalue weighted by Crippen LogP contribution is 2.40. The normalized spacial score (nSPS) is 12.1. The first-order valence-electron chi connectivity index (χ1n) is 7.95. The van der Waals surface area contributed by atoms with Gasteiger partial charge in [0.25, 0.3) is 0 Å². The molecule has 0 atom stereocenters. The fraction of sp³-hybridized carbons (Fsp3) is 0.450. The minimum Gasteiger partial charge on any atom is -0.497 e. The third-order valence-electron chi connectivity index (χ3n) is 3.75. The number of ether oxygens (including phenoxy) is 2. The first kappa shape index (κ1) is 17.3. The van der Waals surface area contributed by atoms with Crippen molar-refractivity contribution in [3.63, 3.8) is 0 Å². The van der Waals surface area contributed by atoms with E-state index in [1.165, 1.54) is 5.56 Å². The van der Waals surface area contributed by atoms with Crippen molar-refractivity contribution in [2.75, 3.05) is 7.11 Å². The Balaban J connectivity index is 2.49. The summed E-state index contributed by atoms with van der Waals surface area (Å²) in [6, 6.07) is 9.67. The molecule has 1 aromatic heterocycles. The number of methoxy groups -OCH3 is 1. The second-order valence-corrected chi connectivity index (χ2v) is 7.82. The topological polar surface area (TPSA) is 31.4 Å². The van der Waals surface area contributed by atoms with E-state index in [1.54, 1.807) is 7.11 Å². The zero-order chi connectivity index (χ0) is 17.3. The Morgan fingerprint density at radius 1 is 0.783 bits per heavy atom. The van der Waals surface area contributed by atoms with E-state index in [-0.39, 0.29) is 10.8 Å². The number of nitrogens with zero attached hydrogens (tertiary/aromatic N) is 1. The summed E-state index contributed by atoms with van der Waals surface area (Å²) < 4.78 is 11.3. The molecule has 2 aromatic rings. The zero-order valence-corrected chi connectivity index (χ0v) is 15.2. The average molecular weight is 313 g/mol. The van der Waals surface area contributed by atoms with E-state index in [0.717, 1.165) is 17.1 Å². The largest absolute Gasteiger partial charge is 0.497 e. The molecule has 0 saturated heterocycles. The second kappa shape index (κ2) is 6.23. The third-order valence-corrected chi connectivity index (χ3v) is 3.75. The smallest absolute Gasteiger partial charge is 0.223 e. The minimum atomic E-state index is -0.0569. The molecule has 124 valence electrons. The number of hydrogen-bond donors (Lipinski definition) is 0. The molecular formula is C20H27NO2. The van der Waals surface area contributed by atoms with Crippen LogP contribution in [0.1, 0.15) is 52.7 Å². The number of aromatic nitrogens is 1. The maximum atomic E-state index is 6.10. The maximum absolute atomic E-state index is 6.10. The number of rotatable bonds is 3. The van der Waals surface area contributed by atoms with Gasteiger partial charge in [-0.15, -0.1) is 0 Å². The Bertz CT molecular complexity index is 662. The molecule has 0 radical (unpaired) electrons. The average Bonchev–Trinajstić information content (AvgIpc) is 2.46. The molecule has 1 aromatic carbocycles. The summed E-state index contributed by atoms with van der Waals surface area (Å²) in [6.07, 6.45) is 1.83. The van der Waals surface area contributed by atoms with Gasteiger partial charge in [0.05, 0.1) is 7.11 Å². The molecule has 3 heteroatoms. The maximum Gasteiger partial charge on any atom is 0.223 e. The summed E-state index contributed by atoms with van der Waals surface area (Å²) in [5, 5.41) is 0. The molecular weight excluding hydrogens is 286 g/mol. The third kappa shape index (κ3) is 4.04. The number of hydrogen-bond acceptors (Lipinski definition) is 3. The van der Waals surface area contributed by atoms with Crippen LogP contribution in [0.15, 0.2) is 36.5 Å². The predicted molar refractivity (Wildman–Crippen MR) is 94.7 cm³/mol. The van der Waals surface area contributed by atoms with Gasteiger partial charge < -0.3 is 9.47 Å². The molecule has 0 aliphatic rings. The summed E-state index contributed by atoms with van der Waals surface area (Å²) in [5.74, 6) is 2.25. The summed E-state index contributed by atoms with van der Waals surface area (Å²) in [5.41, 5.74) is 2.40. The van der Waals surface area contributed by atoms with Gasteiger partial charge in [-0.1, -0.05) is 41.5 Å². The Hall–Kier alpha value is -2.03. The van der Waals surface area contributed by atoms with Crippen molar-refractivity contribution in [2.24, 2.45) is 0 Å². The van der Waals surface area contributed by atoms with Gasteiger partial charge in [0.1, 0.15) is 11.5 Å². The van der Waals surface area contributed by atoms with Crippen molar-refractivity contribution in [3.8, 4) is 17.4 Å². The van der Waals surface area contributed by atoms with E-state index in [4.69, 9.17) is 9.47 Å². The van der Waals surface area contributed by atoms with E-state index < -0.39 is 0 Å². The Morgan fingerprint density at radius 2 is 1.35 bits per heavy atom. The standard InChI is InChI=1S/C20H27NO2/c1-19(2,3)16-12-13-21-18(17(16)20(4,5)6)23-15-10-8-14(22-7)9-11-15/h8-13H,1-7H3. The lowest BCUT2D eigenvalue weighted by Gasteiger charge is -2.31. The van der Waals surface area contributed by atoms with E-state index in [0.29, 0.717) is 5.88 Å². The van der Waals surface area contributed by atoms with Crippen LogP contribution >= 0.6 is 0 Å². The molecule has 0 fully saturated rings. The van der Waals surface area contributed by atoms with Crippen molar-refractivity contribution in [2.45, 2.75) is 52.4 Å². The molecule has 3 nitrogen and oxygen atoms in total. The lowest BCUT2D eigenvalue weighted by Crippen LogP contribution is -2.23. The summed E-state index contributed by atoms with van der Waals surface area (Å²) >= 11 is 0. The van der Waals surface area contributed by atoms with Crippen molar-refractivity contribution in [1.82, 2.24) is 4.98 Å². The molecule has 0 saturated carbocycles. The summed E-state index contributed by atoms with van der Waals surface area (Å²) in [7, 11) is 1.65. The van der Waals surface area contributed by atoms with Crippen molar-refractivity contribution < 1.29 is 9.47 Å². The minimum absolute atomic E-state index is 0.0313. The molecule has 0 N–H and O–H groups in total. The van der Waals surface area contributed by atoms with Crippen LogP contribution in [-0.2, 0) is 10.8 Å². The van der Waals surface area contributed by atoms with E-state index in [9.17, 15) is 0 Å².